The summed E-state index contributed by atoms with van der Waals surface area (Å²) in [6, 6.07) is 16.2. The van der Waals surface area contributed by atoms with Crippen molar-refractivity contribution in [2.24, 2.45) is 0 Å². The highest BCUT2D eigenvalue weighted by atomic mass is 16.5. The van der Waals surface area contributed by atoms with Gasteiger partial charge >= 0.3 is 5.97 Å². The van der Waals surface area contributed by atoms with Gasteiger partial charge in [0.2, 0.25) is 0 Å². The Morgan fingerprint density at radius 1 is 0.947 bits per heavy atom. The van der Waals surface area contributed by atoms with E-state index >= 15 is 0 Å². The van der Waals surface area contributed by atoms with Gasteiger partial charge in [0.25, 0.3) is 0 Å². The maximum absolute atomic E-state index is 11.9. The summed E-state index contributed by atoms with van der Waals surface area (Å²) in [4.78, 5) is 11.9. The third kappa shape index (κ3) is 1.53. The van der Waals surface area contributed by atoms with Crippen molar-refractivity contribution in [3.63, 3.8) is 0 Å². The zero-order valence-corrected chi connectivity index (χ0v) is 10.5. The van der Waals surface area contributed by atoms with Gasteiger partial charge < -0.3 is 4.74 Å². The fourth-order valence-corrected chi connectivity index (χ4v) is 3.38. The number of aryl methyl sites for hydroxylation is 1. The maximum Gasteiger partial charge on any atom is 0.339 e. The Kier molecular flexibility index (Phi) is 2.25. The first-order chi connectivity index (χ1) is 9.34. The summed E-state index contributed by atoms with van der Waals surface area (Å²) in [6.45, 7) is 0. The number of esters is 1. The first-order valence-corrected chi connectivity index (χ1v) is 6.72. The predicted octanol–water partition coefficient (Wildman–Crippen LogP) is 3.63. The fraction of sp³-hybridized carbons (Fsp3) is 0.235. The average molecular weight is 250 g/mol. The molecule has 2 aliphatic rings. The first kappa shape index (κ1) is 10.8. The number of hydrogen-bond acceptors (Lipinski definition) is 2. The standard InChI is InChI=1S/C17H14O2/c18-17-15-8-4-3-7-13(15)16(19-17)14-10-9-11-5-1-2-6-12(11)14/h1-8,14,16H,9-10H2. The van der Waals surface area contributed by atoms with E-state index in [2.05, 4.69) is 24.3 Å². The van der Waals surface area contributed by atoms with Gasteiger partial charge in [0.05, 0.1) is 5.56 Å². The third-order valence-electron chi connectivity index (χ3n) is 4.27. The summed E-state index contributed by atoms with van der Waals surface area (Å²) in [6.07, 6.45) is 2.04. The highest BCUT2D eigenvalue weighted by Gasteiger charge is 2.39. The van der Waals surface area contributed by atoms with Crippen molar-refractivity contribution in [1.82, 2.24) is 0 Å². The largest absolute Gasteiger partial charge is 0.453 e. The van der Waals surface area contributed by atoms with Gasteiger partial charge in [-0.3, -0.25) is 0 Å². The fourth-order valence-electron chi connectivity index (χ4n) is 3.38. The van der Waals surface area contributed by atoms with Crippen LogP contribution >= 0.6 is 0 Å². The molecule has 0 fully saturated rings. The second-order valence-corrected chi connectivity index (χ2v) is 5.26. The second kappa shape index (κ2) is 3.95. The number of ether oxygens (including phenoxy) is 1. The van der Waals surface area contributed by atoms with Gasteiger partial charge in [0.1, 0.15) is 6.10 Å². The van der Waals surface area contributed by atoms with Crippen LogP contribution in [0.3, 0.4) is 0 Å². The molecule has 0 N–H and O–H groups in total. The average Bonchev–Trinajstić information content (AvgIpc) is 3.01. The summed E-state index contributed by atoms with van der Waals surface area (Å²) in [7, 11) is 0. The number of carbonyl (C=O) groups excluding carboxylic acids is 1. The van der Waals surface area contributed by atoms with Crippen LogP contribution in [-0.4, -0.2) is 5.97 Å². The number of cyclic esters (lactones) is 1. The highest BCUT2D eigenvalue weighted by molar-refractivity contribution is 5.94. The van der Waals surface area contributed by atoms with Crippen LogP contribution in [0.2, 0.25) is 0 Å². The van der Waals surface area contributed by atoms with E-state index in [9.17, 15) is 4.79 Å². The zero-order valence-electron chi connectivity index (χ0n) is 10.5. The Balaban J connectivity index is 1.78. The van der Waals surface area contributed by atoms with Crippen molar-refractivity contribution < 1.29 is 9.53 Å². The zero-order chi connectivity index (χ0) is 12.8. The number of hydrogen-bond donors (Lipinski definition) is 0. The van der Waals surface area contributed by atoms with E-state index in [0.29, 0.717) is 5.92 Å². The second-order valence-electron chi connectivity index (χ2n) is 5.26. The van der Waals surface area contributed by atoms with Crippen LogP contribution in [0.4, 0.5) is 0 Å². The molecular weight excluding hydrogens is 236 g/mol. The molecule has 2 atom stereocenters. The van der Waals surface area contributed by atoms with E-state index in [1.165, 1.54) is 11.1 Å². The van der Waals surface area contributed by atoms with Gasteiger partial charge in [0, 0.05) is 11.5 Å². The van der Waals surface area contributed by atoms with E-state index < -0.39 is 0 Å². The number of benzene rings is 2. The van der Waals surface area contributed by atoms with Gasteiger partial charge in [-0.25, -0.2) is 4.79 Å². The molecule has 2 aromatic carbocycles. The normalized spacial score (nSPS) is 23.9. The van der Waals surface area contributed by atoms with Gasteiger partial charge in [-0.2, -0.15) is 0 Å². The van der Waals surface area contributed by atoms with Crippen LogP contribution in [0.25, 0.3) is 0 Å². The Hall–Kier alpha value is -2.09. The smallest absolute Gasteiger partial charge is 0.339 e. The Bertz CT molecular complexity index is 660. The molecule has 0 saturated heterocycles. The number of carbonyl (C=O) groups is 1. The Morgan fingerprint density at radius 3 is 2.58 bits per heavy atom. The Labute approximate surface area is 112 Å². The molecule has 1 heterocycles. The quantitative estimate of drug-likeness (QED) is 0.722. The van der Waals surface area contributed by atoms with E-state index in [-0.39, 0.29) is 12.1 Å². The van der Waals surface area contributed by atoms with E-state index in [4.69, 9.17) is 4.74 Å². The maximum atomic E-state index is 11.9. The lowest BCUT2D eigenvalue weighted by molar-refractivity contribution is 0.0324. The summed E-state index contributed by atoms with van der Waals surface area (Å²) < 4.78 is 5.63. The minimum Gasteiger partial charge on any atom is -0.453 e. The van der Waals surface area contributed by atoms with E-state index in [0.717, 1.165) is 24.0 Å². The molecule has 1 aliphatic heterocycles. The molecule has 0 bridgehead atoms. The van der Waals surface area contributed by atoms with Crippen LogP contribution in [0.5, 0.6) is 0 Å². The number of fused-ring (bicyclic) bond motifs is 2. The molecule has 2 aromatic rings. The molecular formula is C17H14O2. The van der Waals surface area contributed by atoms with Crippen molar-refractivity contribution in [1.29, 1.82) is 0 Å². The van der Waals surface area contributed by atoms with Crippen LogP contribution in [0.1, 0.15) is 45.5 Å². The van der Waals surface area contributed by atoms with E-state index in [1.807, 2.05) is 24.3 Å². The molecule has 0 aromatic heterocycles. The first-order valence-electron chi connectivity index (χ1n) is 6.72. The third-order valence-corrected chi connectivity index (χ3v) is 4.27. The van der Waals surface area contributed by atoms with Crippen molar-refractivity contribution in [2.45, 2.75) is 24.9 Å². The van der Waals surface area contributed by atoms with Crippen LogP contribution in [0.15, 0.2) is 48.5 Å². The molecule has 94 valence electrons. The van der Waals surface area contributed by atoms with Gasteiger partial charge in [-0.05, 0) is 30.0 Å². The summed E-state index contributed by atoms with van der Waals surface area (Å²) in [5.41, 5.74) is 4.52. The molecule has 0 radical (unpaired) electrons. The summed E-state index contributed by atoms with van der Waals surface area (Å²) in [5, 5.41) is 0. The molecule has 19 heavy (non-hydrogen) atoms. The number of rotatable bonds is 1. The van der Waals surface area contributed by atoms with Crippen molar-refractivity contribution in [3.05, 3.63) is 70.8 Å². The molecule has 2 heteroatoms. The SMILES string of the molecule is O=C1OC(C2CCc3ccccc32)c2ccccc21. The van der Waals surface area contributed by atoms with E-state index in [1.54, 1.807) is 0 Å². The summed E-state index contributed by atoms with van der Waals surface area (Å²) in [5.74, 6) is 0.133. The molecule has 0 saturated carbocycles. The molecule has 4 rings (SSSR count). The minimum atomic E-state index is -0.176. The van der Waals surface area contributed by atoms with Crippen LogP contribution in [-0.2, 0) is 11.2 Å². The topological polar surface area (TPSA) is 26.3 Å². The minimum absolute atomic E-state index is 0.104. The molecule has 2 unspecified atom stereocenters. The lowest BCUT2D eigenvalue weighted by Crippen LogP contribution is -2.08. The molecule has 2 nitrogen and oxygen atoms in total. The lowest BCUT2D eigenvalue weighted by atomic mass is 9.90. The Morgan fingerprint density at radius 2 is 1.68 bits per heavy atom. The lowest BCUT2D eigenvalue weighted by Gasteiger charge is -2.19. The van der Waals surface area contributed by atoms with Crippen molar-refractivity contribution in [2.75, 3.05) is 0 Å². The van der Waals surface area contributed by atoms with Gasteiger partial charge in [-0.1, -0.05) is 42.5 Å². The molecule has 0 amide bonds. The highest BCUT2D eigenvalue weighted by Crippen LogP contribution is 2.47. The van der Waals surface area contributed by atoms with Crippen molar-refractivity contribution in [3.8, 4) is 0 Å². The monoisotopic (exact) mass is 250 g/mol. The van der Waals surface area contributed by atoms with Crippen LogP contribution in [0, 0.1) is 0 Å². The predicted molar refractivity (Wildman–Crippen MR) is 72.1 cm³/mol. The van der Waals surface area contributed by atoms with Gasteiger partial charge in [0.15, 0.2) is 0 Å². The molecule has 1 aliphatic carbocycles. The summed E-state index contributed by atoms with van der Waals surface area (Å²) >= 11 is 0. The molecule has 0 spiro atoms. The van der Waals surface area contributed by atoms with Gasteiger partial charge in [-0.15, -0.1) is 0 Å². The van der Waals surface area contributed by atoms with Crippen molar-refractivity contribution >= 4 is 5.97 Å². The van der Waals surface area contributed by atoms with Crippen LogP contribution < -0.4 is 0 Å².